The molecular weight excluding hydrogens is 508 g/mol. The fraction of sp³-hybridized carbons (Fsp3) is 0.214. The van der Waals surface area contributed by atoms with Crippen LogP contribution in [0.5, 0.6) is 5.75 Å². The lowest BCUT2D eigenvalue weighted by atomic mass is 9.98. The molecule has 2 atom stereocenters. The first-order valence-corrected chi connectivity index (χ1v) is 13.1. The first-order valence-electron chi connectivity index (χ1n) is 11.8. The number of halogens is 1. The fourth-order valence-electron chi connectivity index (χ4n) is 4.23. The number of anilines is 1. The van der Waals surface area contributed by atoms with Crippen molar-refractivity contribution in [2.45, 2.75) is 31.1 Å². The second-order valence-electron chi connectivity index (χ2n) is 8.82. The lowest BCUT2D eigenvalue weighted by Gasteiger charge is -2.23. The van der Waals surface area contributed by atoms with Crippen molar-refractivity contribution >= 4 is 51.7 Å². The minimum absolute atomic E-state index is 0.0141. The van der Waals surface area contributed by atoms with Crippen LogP contribution in [0.15, 0.2) is 82.9 Å². The molecule has 0 fully saturated rings. The molecule has 0 radical (unpaired) electrons. The Morgan fingerprint density at radius 2 is 1.84 bits per heavy atom. The van der Waals surface area contributed by atoms with Gasteiger partial charge in [0, 0.05) is 12.8 Å². The summed E-state index contributed by atoms with van der Waals surface area (Å²) in [6, 6.07) is 22.9. The monoisotopic (exact) mass is 532 g/mol. The quantitative estimate of drug-likeness (QED) is 0.431. The van der Waals surface area contributed by atoms with E-state index in [1.807, 2.05) is 36.2 Å². The summed E-state index contributed by atoms with van der Waals surface area (Å²) >= 11 is 7.42. The number of carbonyl (C=O) groups is 2. The topological polar surface area (TPSA) is 83.4 Å². The average molecular weight is 533 g/mol. The molecule has 0 unspecified atom stereocenters. The molecular formula is C28H25ClN4O3S. The van der Waals surface area contributed by atoms with Crippen molar-refractivity contribution in [3.8, 4) is 5.75 Å². The molecule has 9 heteroatoms. The van der Waals surface area contributed by atoms with Crippen molar-refractivity contribution in [2.24, 2.45) is 10.1 Å². The number of nitrogens with zero attached hydrogens (tertiary/aromatic N) is 3. The van der Waals surface area contributed by atoms with E-state index in [0.717, 1.165) is 28.2 Å². The SMILES string of the molecule is COc1ccc(C2=NN(C3=NC(=O)[C@@H](CC(=O)Nc4ccccc4Cl)S3)[C@@H](c3ccc(C)cc3)C2)cc1. The number of hydrogen-bond acceptors (Lipinski definition) is 6. The van der Waals surface area contributed by atoms with E-state index in [9.17, 15) is 9.59 Å². The number of methoxy groups -OCH3 is 1. The number of aryl methyl sites for hydroxylation is 1. The van der Waals surface area contributed by atoms with Gasteiger partial charge in [0.2, 0.25) is 5.91 Å². The molecule has 3 aromatic rings. The third-order valence-electron chi connectivity index (χ3n) is 6.24. The van der Waals surface area contributed by atoms with Gasteiger partial charge in [-0.25, -0.2) is 5.01 Å². The average Bonchev–Trinajstić information content (AvgIpc) is 3.50. The molecule has 2 amide bonds. The number of aliphatic imine (C=N–C) groups is 1. The second-order valence-corrected chi connectivity index (χ2v) is 10.4. The van der Waals surface area contributed by atoms with Gasteiger partial charge < -0.3 is 10.1 Å². The minimum Gasteiger partial charge on any atom is -0.497 e. The summed E-state index contributed by atoms with van der Waals surface area (Å²) in [6.45, 7) is 2.04. The van der Waals surface area contributed by atoms with E-state index in [2.05, 4.69) is 34.6 Å². The molecule has 2 aliphatic heterocycles. The molecule has 188 valence electrons. The largest absolute Gasteiger partial charge is 0.497 e. The van der Waals surface area contributed by atoms with Crippen molar-refractivity contribution in [1.82, 2.24) is 5.01 Å². The third-order valence-corrected chi connectivity index (χ3v) is 7.71. The van der Waals surface area contributed by atoms with Crippen LogP contribution in [-0.2, 0) is 9.59 Å². The summed E-state index contributed by atoms with van der Waals surface area (Å²) in [5, 5.41) is 9.80. The maximum Gasteiger partial charge on any atom is 0.262 e. The van der Waals surface area contributed by atoms with Crippen molar-refractivity contribution < 1.29 is 14.3 Å². The van der Waals surface area contributed by atoms with E-state index in [0.29, 0.717) is 22.3 Å². The molecule has 7 nitrogen and oxygen atoms in total. The van der Waals surface area contributed by atoms with Crippen LogP contribution in [0.25, 0.3) is 0 Å². The number of amides is 2. The van der Waals surface area contributed by atoms with Gasteiger partial charge >= 0.3 is 0 Å². The molecule has 1 N–H and O–H groups in total. The molecule has 37 heavy (non-hydrogen) atoms. The zero-order chi connectivity index (χ0) is 25.9. The van der Waals surface area contributed by atoms with Crippen LogP contribution in [0.2, 0.25) is 5.02 Å². The molecule has 5 rings (SSSR count). The van der Waals surface area contributed by atoms with Gasteiger partial charge in [-0.2, -0.15) is 10.1 Å². The van der Waals surface area contributed by atoms with E-state index in [4.69, 9.17) is 21.4 Å². The Labute approximate surface area is 224 Å². The summed E-state index contributed by atoms with van der Waals surface area (Å²) in [5.41, 5.74) is 4.62. The number of thioether (sulfide) groups is 1. The number of hydrogen-bond donors (Lipinski definition) is 1. The van der Waals surface area contributed by atoms with Gasteiger partial charge in [-0.1, -0.05) is 65.3 Å². The maximum absolute atomic E-state index is 12.8. The van der Waals surface area contributed by atoms with E-state index in [1.165, 1.54) is 11.8 Å². The van der Waals surface area contributed by atoms with Gasteiger partial charge in [-0.05, 0) is 54.4 Å². The highest BCUT2D eigenvalue weighted by Gasteiger charge is 2.39. The molecule has 2 aliphatic rings. The number of amidine groups is 1. The number of ether oxygens (including phenoxy) is 1. The Morgan fingerprint density at radius 3 is 2.54 bits per heavy atom. The van der Waals surface area contributed by atoms with Crippen LogP contribution >= 0.6 is 23.4 Å². The van der Waals surface area contributed by atoms with E-state index < -0.39 is 5.25 Å². The summed E-state index contributed by atoms with van der Waals surface area (Å²) in [4.78, 5) is 29.8. The zero-order valence-electron chi connectivity index (χ0n) is 20.3. The van der Waals surface area contributed by atoms with Crippen LogP contribution in [0, 0.1) is 6.92 Å². The number of para-hydroxylation sites is 1. The molecule has 0 bridgehead atoms. The van der Waals surface area contributed by atoms with E-state index in [-0.39, 0.29) is 24.3 Å². The number of hydrazone groups is 1. The first kappa shape index (κ1) is 25.0. The summed E-state index contributed by atoms with van der Waals surface area (Å²) in [7, 11) is 1.63. The van der Waals surface area contributed by atoms with Crippen LogP contribution in [0.4, 0.5) is 5.69 Å². The Bertz CT molecular complexity index is 1390. The predicted octanol–water partition coefficient (Wildman–Crippen LogP) is 5.83. The fourth-order valence-corrected chi connectivity index (χ4v) is 5.47. The summed E-state index contributed by atoms with van der Waals surface area (Å²) in [6.07, 6.45) is 0.640. The minimum atomic E-state index is -0.628. The third kappa shape index (κ3) is 5.55. The van der Waals surface area contributed by atoms with E-state index in [1.54, 1.807) is 31.4 Å². The smallest absolute Gasteiger partial charge is 0.262 e. The zero-order valence-corrected chi connectivity index (χ0v) is 21.9. The van der Waals surface area contributed by atoms with Gasteiger partial charge in [-0.15, -0.1) is 0 Å². The molecule has 0 aromatic heterocycles. The maximum atomic E-state index is 12.8. The normalized spacial score (nSPS) is 19.0. The molecule has 0 spiro atoms. The highest BCUT2D eigenvalue weighted by atomic mass is 35.5. The number of carbonyl (C=O) groups excluding carboxylic acids is 2. The predicted molar refractivity (Wildman–Crippen MR) is 148 cm³/mol. The summed E-state index contributed by atoms with van der Waals surface area (Å²) < 4.78 is 5.28. The van der Waals surface area contributed by atoms with Gasteiger partial charge in [0.05, 0.1) is 29.6 Å². The Hall–Kier alpha value is -3.62. The van der Waals surface area contributed by atoms with Crippen molar-refractivity contribution in [3.63, 3.8) is 0 Å². The number of benzene rings is 3. The Morgan fingerprint density at radius 1 is 1.11 bits per heavy atom. The van der Waals surface area contributed by atoms with Crippen LogP contribution < -0.4 is 10.1 Å². The lowest BCUT2D eigenvalue weighted by molar-refractivity contribution is -0.121. The van der Waals surface area contributed by atoms with Crippen molar-refractivity contribution in [1.29, 1.82) is 0 Å². The Kier molecular flexibility index (Phi) is 7.30. The summed E-state index contributed by atoms with van der Waals surface area (Å²) in [5.74, 6) is 0.132. The highest BCUT2D eigenvalue weighted by Crippen LogP contribution is 2.39. The molecule has 0 saturated heterocycles. The van der Waals surface area contributed by atoms with Crippen molar-refractivity contribution in [2.75, 3.05) is 12.4 Å². The van der Waals surface area contributed by atoms with Gasteiger partial charge in [0.1, 0.15) is 11.0 Å². The highest BCUT2D eigenvalue weighted by molar-refractivity contribution is 8.15. The van der Waals surface area contributed by atoms with Gasteiger partial charge in [0.25, 0.3) is 5.91 Å². The van der Waals surface area contributed by atoms with Crippen molar-refractivity contribution in [3.05, 3.63) is 94.5 Å². The molecule has 0 saturated carbocycles. The number of nitrogens with one attached hydrogen (secondary N) is 1. The van der Waals surface area contributed by atoms with Gasteiger partial charge in [-0.3, -0.25) is 9.59 Å². The van der Waals surface area contributed by atoms with E-state index >= 15 is 0 Å². The lowest BCUT2D eigenvalue weighted by Crippen LogP contribution is -2.25. The second kappa shape index (κ2) is 10.8. The van der Waals surface area contributed by atoms with Gasteiger partial charge in [0.15, 0.2) is 5.17 Å². The number of rotatable bonds is 6. The van der Waals surface area contributed by atoms with Crippen LogP contribution in [-0.4, -0.2) is 40.1 Å². The van der Waals surface area contributed by atoms with Crippen LogP contribution in [0.3, 0.4) is 0 Å². The molecule has 2 heterocycles. The Balaban J connectivity index is 1.36. The first-order chi connectivity index (χ1) is 17.9. The van der Waals surface area contributed by atoms with Crippen LogP contribution in [0.1, 0.15) is 35.6 Å². The standard InChI is InChI=1S/C28H25ClN4O3S/c1-17-7-9-19(10-8-17)24-15-23(18-11-13-20(36-2)14-12-18)32-33(24)28-31-27(35)25(37-28)16-26(34)30-22-6-4-3-5-21(22)29/h3-14,24-25H,15-16H2,1-2H3,(H,30,34)/t24-,25-/m1/s1. The molecule has 0 aliphatic carbocycles. The molecule has 3 aromatic carbocycles.